The van der Waals surface area contributed by atoms with Gasteiger partial charge < -0.3 is 5.32 Å². The molecule has 2 atom stereocenters. The first-order valence-corrected chi connectivity index (χ1v) is 4.19. The van der Waals surface area contributed by atoms with Crippen LogP contribution in [0.15, 0.2) is 0 Å². The molecule has 0 aliphatic carbocycles. The zero-order chi connectivity index (χ0) is 8.27. The first-order valence-electron chi connectivity index (χ1n) is 4.19. The van der Waals surface area contributed by atoms with E-state index in [2.05, 4.69) is 17.6 Å². The molecule has 1 heterocycles. The van der Waals surface area contributed by atoms with Crippen LogP contribution in [0.4, 0.5) is 0 Å². The molecule has 1 aliphatic heterocycles. The van der Waals surface area contributed by atoms with E-state index in [-0.39, 0.29) is 12.1 Å². The van der Waals surface area contributed by atoms with Crippen molar-refractivity contribution in [3.05, 3.63) is 0 Å². The zero-order valence-corrected chi connectivity index (χ0v) is 7.18. The van der Waals surface area contributed by atoms with Crippen molar-refractivity contribution in [3.8, 4) is 0 Å². The summed E-state index contributed by atoms with van der Waals surface area (Å²) in [4.78, 5) is 10.6. The number of piperidine rings is 1. The van der Waals surface area contributed by atoms with Crippen LogP contribution in [-0.2, 0) is 4.79 Å². The lowest BCUT2D eigenvalue weighted by Gasteiger charge is -2.27. The average molecular weight is 156 g/mol. The van der Waals surface area contributed by atoms with Crippen molar-refractivity contribution < 1.29 is 4.79 Å². The van der Waals surface area contributed by atoms with Crippen LogP contribution < -0.4 is 10.6 Å². The first-order chi connectivity index (χ1) is 5.18. The zero-order valence-electron chi connectivity index (χ0n) is 7.18. The van der Waals surface area contributed by atoms with Crippen LogP contribution in [-0.4, -0.2) is 18.6 Å². The first kappa shape index (κ1) is 8.53. The third-order valence-electron chi connectivity index (χ3n) is 2.04. The number of amides is 1. The van der Waals surface area contributed by atoms with Gasteiger partial charge in [0.2, 0.25) is 5.91 Å². The fourth-order valence-corrected chi connectivity index (χ4v) is 1.37. The van der Waals surface area contributed by atoms with E-state index in [0.29, 0.717) is 0 Å². The molecular formula is C8H16N2O. The highest BCUT2D eigenvalue weighted by Crippen LogP contribution is 2.11. The van der Waals surface area contributed by atoms with Gasteiger partial charge in [0, 0.05) is 6.92 Å². The molecule has 11 heavy (non-hydrogen) atoms. The highest BCUT2D eigenvalue weighted by molar-refractivity contribution is 5.73. The third-order valence-corrected chi connectivity index (χ3v) is 2.04. The molecule has 0 aromatic heterocycles. The Morgan fingerprint density at radius 2 is 2.27 bits per heavy atom. The molecule has 0 aromatic carbocycles. The second kappa shape index (κ2) is 3.72. The van der Waals surface area contributed by atoms with Crippen molar-refractivity contribution in [2.24, 2.45) is 5.92 Å². The van der Waals surface area contributed by atoms with Crippen LogP contribution in [0.3, 0.4) is 0 Å². The topological polar surface area (TPSA) is 41.1 Å². The minimum absolute atomic E-state index is 0.0528. The van der Waals surface area contributed by atoms with E-state index in [9.17, 15) is 4.79 Å². The number of rotatable bonds is 1. The number of hydrogen-bond donors (Lipinski definition) is 2. The predicted octanol–water partition coefficient (Wildman–Crippen LogP) is 0.468. The highest BCUT2D eigenvalue weighted by Gasteiger charge is 2.16. The summed E-state index contributed by atoms with van der Waals surface area (Å²) in [5.41, 5.74) is 0. The quantitative estimate of drug-likeness (QED) is 0.579. The summed E-state index contributed by atoms with van der Waals surface area (Å²) in [5.74, 6) is 0.803. The lowest BCUT2D eigenvalue weighted by atomic mass is 10.00. The molecule has 64 valence electrons. The number of nitrogens with one attached hydrogen (secondary N) is 2. The van der Waals surface area contributed by atoms with Gasteiger partial charge in [-0.15, -0.1) is 0 Å². The van der Waals surface area contributed by atoms with Crippen molar-refractivity contribution in [2.45, 2.75) is 32.9 Å². The highest BCUT2D eigenvalue weighted by atomic mass is 16.1. The Morgan fingerprint density at radius 3 is 2.73 bits per heavy atom. The molecule has 1 aliphatic rings. The number of carbonyl (C=O) groups excluding carboxylic acids is 1. The van der Waals surface area contributed by atoms with E-state index < -0.39 is 0 Å². The van der Waals surface area contributed by atoms with Gasteiger partial charge in [-0.3, -0.25) is 10.1 Å². The maximum absolute atomic E-state index is 10.6. The second-order valence-corrected chi connectivity index (χ2v) is 3.34. The number of carbonyl (C=O) groups is 1. The Kier molecular flexibility index (Phi) is 2.88. The largest absolute Gasteiger partial charge is 0.341 e. The van der Waals surface area contributed by atoms with Crippen LogP contribution in [0.2, 0.25) is 0 Å². The molecule has 0 radical (unpaired) electrons. The minimum Gasteiger partial charge on any atom is -0.341 e. The number of hydrogen-bond acceptors (Lipinski definition) is 2. The maximum Gasteiger partial charge on any atom is 0.218 e. The standard InChI is InChI=1S/C8H16N2O/c1-6-3-4-8(9-5-6)10-7(2)11/h6,8-9H,3-5H2,1-2H3,(H,10,11). The summed E-state index contributed by atoms with van der Waals surface area (Å²) in [7, 11) is 0. The Balaban J connectivity index is 2.22. The third kappa shape index (κ3) is 2.89. The molecule has 1 fully saturated rings. The Morgan fingerprint density at radius 1 is 1.55 bits per heavy atom. The van der Waals surface area contributed by atoms with Crippen LogP contribution in [0.25, 0.3) is 0 Å². The summed E-state index contributed by atoms with van der Waals surface area (Å²) >= 11 is 0. The predicted molar refractivity (Wildman–Crippen MR) is 44.0 cm³/mol. The van der Waals surface area contributed by atoms with Crippen LogP contribution >= 0.6 is 0 Å². The van der Waals surface area contributed by atoms with E-state index in [0.717, 1.165) is 18.9 Å². The summed E-state index contributed by atoms with van der Waals surface area (Å²) < 4.78 is 0. The molecule has 0 spiro atoms. The molecule has 1 rings (SSSR count). The van der Waals surface area contributed by atoms with Crippen molar-refractivity contribution in [1.29, 1.82) is 0 Å². The van der Waals surface area contributed by atoms with Gasteiger partial charge in [0.25, 0.3) is 0 Å². The molecule has 3 heteroatoms. The molecule has 0 bridgehead atoms. The van der Waals surface area contributed by atoms with E-state index in [1.165, 1.54) is 6.42 Å². The fourth-order valence-electron chi connectivity index (χ4n) is 1.37. The van der Waals surface area contributed by atoms with E-state index in [1.54, 1.807) is 6.92 Å². The Bertz CT molecular complexity index is 139. The average Bonchev–Trinajstić information content (AvgIpc) is 1.93. The summed E-state index contributed by atoms with van der Waals surface area (Å²) in [6, 6.07) is 0. The molecular weight excluding hydrogens is 140 g/mol. The maximum atomic E-state index is 10.6. The van der Waals surface area contributed by atoms with Crippen LogP contribution in [0.1, 0.15) is 26.7 Å². The fraction of sp³-hybridized carbons (Fsp3) is 0.875. The second-order valence-electron chi connectivity index (χ2n) is 3.34. The van der Waals surface area contributed by atoms with Crippen molar-refractivity contribution in [1.82, 2.24) is 10.6 Å². The summed E-state index contributed by atoms with van der Waals surface area (Å²) in [6.45, 7) is 4.79. The smallest absolute Gasteiger partial charge is 0.218 e. The molecule has 0 aromatic rings. The molecule has 2 N–H and O–H groups in total. The normalized spacial score (nSPS) is 31.5. The SMILES string of the molecule is CC(=O)NC1CCC(C)CN1. The summed E-state index contributed by atoms with van der Waals surface area (Å²) in [5, 5.41) is 6.12. The monoisotopic (exact) mass is 156 g/mol. The Hall–Kier alpha value is -0.570. The van der Waals surface area contributed by atoms with Gasteiger partial charge in [0.05, 0.1) is 6.17 Å². The van der Waals surface area contributed by atoms with E-state index >= 15 is 0 Å². The molecule has 1 amide bonds. The van der Waals surface area contributed by atoms with Gasteiger partial charge in [-0.2, -0.15) is 0 Å². The van der Waals surface area contributed by atoms with Crippen molar-refractivity contribution >= 4 is 5.91 Å². The van der Waals surface area contributed by atoms with Gasteiger partial charge in [-0.05, 0) is 25.3 Å². The lowest BCUT2D eigenvalue weighted by Crippen LogP contribution is -2.49. The van der Waals surface area contributed by atoms with Gasteiger partial charge in [-0.25, -0.2) is 0 Å². The molecule has 1 saturated heterocycles. The van der Waals surface area contributed by atoms with Gasteiger partial charge in [-0.1, -0.05) is 6.92 Å². The van der Waals surface area contributed by atoms with Gasteiger partial charge in [0.1, 0.15) is 0 Å². The van der Waals surface area contributed by atoms with Gasteiger partial charge >= 0.3 is 0 Å². The van der Waals surface area contributed by atoms with Crippen molar-refractivity contribution in [3.63, 3.8) is 0 Å². The van der Waals surface area contributed by atoms with Crippen molar-refractivity contribution in [2.75, 3.05) is 6.54 Å². The van der Waals surface area contributed by atoms with Gasteiger partial charge in [0.15, 0.2) is 0 Å². The van der Waals surface area contributed by atoms with E-state index in [1.807, 2.05) is 0 Å². The Labute approximate surface area is 67.5 Å². The molecule has 2 unspecified atom stereocenters. The van der Waals surface area contributed by atoms with E-state index in [4.69, 9.17) is 0 Å². The molecule has 0 saturated carbocycles. The molecule has 3 nitrogen and oxygen atoms in total. The minimum atomic E-state index is 0.0528. The lowest BCUT2D eigenvalue weighted by molar-refractivity contribution is -0.120. The summed E-state index contributed by atoms with van der Waals surface area (Å²) in [6.07, 6.45) is 2.47. The van der Waals surface area contributed by atoms with Crippen LogP contribution in [0.5, 0.6) is 0 Å². The van der Waals surface area contributed by atoms with Crippen LogP contribution in [0, 0.1) is 5.92 Å².